The molecule has 1 fully saturated rings. The molecule has 108 heavy (non-hydrogen) atoms. The van der Waals surface area contributed by atoms with E-state index in [1.807, 2.05) is 0 Å². The maximum Gasteiger partial charge on any atom is 0.330 e. The molecule has 1 saturated heterocycles. The van der Waals surface area contributed by atoms with Gasteiger partial charge in [0, 0.05) is 35.2 Å². The predicted octanol–water partition coefficient (Wildman–Crippen LogP) is 5.21. The number of aliphatic hydroxyl groups excluding tert-OH is 5. The lowest BCUT2D eigenvalue weighted by atomic mass is 9.89. The number of unbranched alkanes of at least 4 members (excludes halogenated alkanes) is 6. The van der Waals surface area contributed by atoms with Crippen LogP contribution in [-0.2, 0) is 43.1 Å². The van der Waals surface area contributed by atoms with Crippen molar-refractivity contribution in [3.63, 3.8) is 0 Å². The highest BCUT2D eigenvalue weighted by atomic mass is 35.5. The van der Waals surface area contributed by atoms with Crippen LogP contribution in [0.3, 0.4) is 0 Å². The molecule has 568 valence electrons. The molecule has 32 nitrogen and oxygen atoms in total. The molecule has 14 atom stereocenters. The Morgan fingerprint density at radius 3 is 1.66 bits per heavy atom. The van der Waals surface area contributed by atoms with E-state index in [-0.39, 0.29) is 56.5 Å². The number of fused-ring (bicyclic) bond motifs is 14. The zero-order valence-electron chi connectivity index (χ0n) is 57.0. The van der Waals surface area contributed by atoms with Crippen LogP contribution in [-0.4, -0.2) is 153 Å². The summed E-state index contributed by atoms with van der Waals surface area (Å²) < 4.78 is 32.2. The van der Waals surface area contributed by atoms with Crippen LogP contribution in [0.25, 0.3) is 11.1 Å². The summed E-state index contributed by atoms with van der Waals surface area (Å²) in [5, 5.41) is 143. The molecule has 34 heteroatoms. The van der Waals surface area contributed by atoms with Gasteiger partial charge in [-0.1, -0.05) is 92.9 Å². The topological polar surface area (TPSA) is 515 Å². The Kier molecular flexibility index (Phi) is 22.7. The summed E-state index contributed by atoms with van der Waals surface area (Å²) in [4.78, 5) is 120. The maximum atomic E-state index is 16.3. The lowest BCUT2D eigenvalue weighted by Crippen LogP contribution is -2.65. The van der Waals surface area contributed by atoms with E-state index in [0.29, 0.717) is 12.8 Å². The van der Waals surface area contributed by atoms with Gasteiger partial charge in [-0.05, 0) is 119 Å². The van der Waals surface area contributed by atoms with Gasteiger partial charge in [-0.25, -0.2) is 4.79 Å². The van der Waals surface area contributed by atoms with E-state index in [4.69, 9.17) is 52.6 Å². The number of carboxylic acids is 1. The SMILES string of the molecule is CCCCCCCCCC(=O)N[C@H]1[C@H](Oc2c3cc4cc2Oc2ccc(cc2Cl)[C@@H](O)[C@H]2NC(=O)[C@@H](N)c5ccc(O)c(c5)Oc5cc(O)cc(c5)[C@H](NC2=O)C(=O)N[C@H]4C(=O)N[C@@H]2C(=O)N[C@H](C(=O)N[C@H](C(=O)O)c4cc(O)cc(O)c4-c4cc2ccc4O)[C@H](O)c2ccc(c(Cl)c2)O3)O[C@H](CO)[C@@H](O)[C@@H]1O. The van der Waals surface area contributed by atoms with Crippen LogP contribution in [0, 0.1) is 0 Å². The Morgan fingerprint density at radius 1 is 0.519 bits per heavy atom. The lowest BCUT2D eigenvalue weighted by molar-refractivity contribution is -0.244. The largest absolute Gasteiger partial charge is 0.508 e. The molecule has 7 aliphatic heterocycles. The first-order valence-corrected chi connectivity index (χ1v) is 35.0. The molecule has 0 unspecified atom stereocenters. The number of aliphatic carboxylic acids is 1. The van der Waals surface area contributed by atoms with E-state index >= 15 is 19.2 Å². The summed E-state index contributed by atoms with van der Waals surface area (Å²) >= 11 is 14.2. The zero-order chi connectivity index (χ0) is 77.3. The van der Waals surface area contributed by atoms with Crippen molar-refractivity contribution in [2.24, 2.45) is 5.73 Å². The number of amides is 7. The maximum absolute atomic E-state index is 16.3. The standard InChI is InChI=1S/C74H74Cl2N8O24/c1-2-3-4-5-6-7-8-9-52(91)78-61-65(95)64(94)51(29-85)107-74(61)108-66-49-24-35-25-50(66)106-47-17-13-33(22-42(47)76)63(93)60-72(101)82-58(73(102)103)40-27-37(87)28-45(90)53(40)39-20-31(11-14-43(39)88)55(68(97)84-60)79-70(99)57(35)80-69(98)56-34-18-36(86)26-38(19-34)104-48-23-30(10-15-44(48)89)54(77)67(96)83-59(71(100)81-56)62(92)32-12-16-46(105-49)41(75)21-32/h10-28,51,54-65,74,85-90,92-95H,2-9,29,77H2,1H3,(H,78,91)(H,79,99)(H,80,98)(H,81,100)(H,82,101)(H,83,96)(H,84,97)(H,102,103)/t51-,54+,55+,56+,57-,58+,59-,60+,61-,62-,63-,64-,65-,74+/m1/s1. The molecular weight excluding hydrogens is 1460 g/mol. The van der Waals surface area contributed by atoms with Crippen LogP contribution >= 0.6 is 23.2 Å². The number of phenols is 5. The van der Waals surface area contributed by atoms with Gasteiger partial charge in [0.1, 0.15) is 113 Å². The molecule has 7 aromatic carbocycles. The Bertz CT molecular complexity index is 4720. The molecule has 7 aromatic rings. The van der Waals surface area contributed by atoms with Crippen LogP contribution in [0.1, 0.15) is 140 Å². The molecule has 0 aliphatic carbocycles. The minimum absolute atomic E-state index is 0.00490. The van der Waals surface area contributed by atoms with Gasteiger partial charge in [0.2, 0.25) is 53.4 Å². The molecule has 0 radical (unpaired) electrons. The van der Waals surface area contributed by atoms with Gasteiger partial charge in [0.05, 0.1) is 16.7 Å². The Morgan fingerprint density at radius 2 is 1.05 bits per heavy atom. The number of halogens is 2. The van der Waals surface area contributed by atoms with Crippen LogP contribution in [0.15, 0.2) is 115 Å². The number of benzene rings is 7. The number of aromatic hydroxyl groups is 5. The van der Waals surface area contributed by atoms with Crippen molar-refractivity contribution in [3.05, 3.63) is 164 Å². The van der Waals surface area contributed by atoms with E-state index in [0.717, 1.165) is 123 Å². The fourth-order valence-corrected chi connectivity index (χ4v) is 13.8. The van der Waals surface area contributed by atoms with Gasteiger partial charge in [0.15, 0.2) is 29.0 Å². The van der Waals surface area contributed by atoms with E-state index < -0.39 is 218 Å². The van der Waals surface area contributed by atoms with Crippen molar-refractivity contribution < 1.29 is 118 Å². The summed E-state index contributed by atoms with van der Waals surface area (Å²) in [6.45, 7) is 1.12. The van der Waals surface area contributed by atoms with Gasteiger partial charge in [-0.15, -0.1) is 0 Å². The molecule has 0 saturated carbocycles. The van der Waals surface area contributed by atoms with E-state index in [2.05, 4.69) is 44.1 Å². The van der Waals surface area contributed by atoms with Gasteiger partial charge >= 0.3 is 5.97 Å². The molecule has 7 heterocycles. The fraction of sp³-hybridized carbons (Fsp3) is 0.324. The summed E-state index contributed by atoms with van der Waals surface area (Å²) in [5.74, 6) is -17.5. The van der Waals surface area contributed by atoms with Crippen molar-refractivity contribution in [2.75, 3.05) is 6.61 Å². The third-order valence-corrected chi connectivity index (χ3v) is 19.6. The highest BCUT2D eigenvalue weighted by Gasteiger charge is 2.48. The van der Waals surface area contributed by atoms with E-state index in [1.54, 1.807) is 0 Å². The highest BCUT2D eigenvalue weighted by Crippen LogP contribution is 2.50. The number of carboxylic acid groups (broad SMARTS) is 1. The van der Waals surface area contributed by atoms with Crippen LogP contribution < -0.4 is 61.9 Å². The zero-order valence-corrected chi connectivity index (χ0v) is 58.5. The second-order valence-corrected chi connectivity index (χ2v) is 27.3. The van der Waals surface area contributed by atoms with Crippen LogP contribution in [0.5, 0.6) is 69.0 Å². The molecule has 14 rings (SSSR count). The van der Waals surface area contributed by atoms with Gasteiger partial charge < -0.3 is 123 Å². The third kappa shape index (κ3) is 16.1. The summed E-state index contributed by atoms with van der Waals surface area (Å²) in [6.07, 6.45) is -6.13. The molecular formula is C74H74Cl2N8O24. The number of hydrogen-bond acceptors (Lipinski definition) is 24. The van der Waals surface area contributed by atoms with Gasteiger partial charge in [-0.3, -0.25) is 33.6 Å². The number of nitrogens with two attached hydrogens (primary N) is 1. The van der Waals surface area contributed by atoms with Gasteiger partial charge in [0.25, 0.3) is 0 Å². The Labute approximate surface area is 623 Å². The third-order valence-electron chi connectivity index (χ3n) is 19.0. The first-order valence-electron chi connectivity index (χ1n) is 34.2. The summed E-state index contributed by atoms with van der Waals surface area (Å²) in [7, 11) is 0. The number of nitrogens with one attached hydrogen (secondary N) is 7. The van der Waals surface area contributed by atoms with Gasteiger partial charge in [-0.2, -0.15) is 0 Å². The van der Waals surface area contributed by atoms with Crippen molar-refractivity contribution in [1.82, 2.24) is 37.2 Å². The molecule has 7 aliphatic rings. The number of carbonyl (C=O) groups is 8. The number of aliphatic hydroxyl groups is 5. The van der Waals surface area contributed by atoms with E-state index in [1.165, 1.54) is 24.3 Å². The van der Waals surface area contributed by atoms with Crippen molar-refractivity contribution >= 4 is 70.5 Å². The quantitative estimate of drug-likeness (QED) is 0.0658. The number of ether oxygens (including phenoxy) is 5. The number of rotatable bonds is 13. The monoisotopic (exact) mass is 1530 g/mol. The first kappa shape index (κ1) is 76.4. The number of hydrogen-bond donors (Lipinski definition) is 19. The second kappa shape index (κ2) is 32.1. The summed E-state index contributed by atoms with van der Waals surface area (Å²) in [6, 6.07) is 3.29. The minimum Gasteiger partial charge on any atom is -0.508 e. The average Bonchev–Trinajstić information content (AvgIpc) is 0.771. The van der Waals surface area contributed by atoms with Crippen molar-refractivity contribution in [1.29, 1.82) is 0 Å². The van der Waals surface area contributed by atoms with Crippen molar-refractivity contribution in [2.45, 2.75) is 143 Å². The van der Waals surface area contributed by atoms with E-state index in [9.17, 15) is 75.3 Å². The molecule has 7 amide bonds. The smallest absolute Gasteiger partial charge is 0.330 e. The Hall–Kier alpha value is -11.2. The van der Waals surface area contributed by atoms with Crippen LogP contribution in [0.2, 0.25) is 10.0 Å². The predicted molar refractivity (Wildman–Crippen MR) is 377 cm³/mol. The average molecular weight is 1530 g/mol. The molecule has 17 bridgehead atoms. The second-order valence-electron chi connectivity index (χ2n) is 26.5. The Balaban J connectivity index is 1.11. The number of carbonyl (C=O) groups excluding carboxylic acids is 7. The fourth-order valence-electron chi connectivity index (χ4n) is 13.3. The number of phenolic OH excluding ortho intramolecular Hbond substituents is 5. The minimum atomic E-state index is -2.38. The lowest BCUT2D eigenvalue weighted by Gasteiger charge is -2.42. The highest BCUT2D eigenvalue weighted by molar-refractivity contribution is 6.32. The van der Waals surface area contributed by atoms with Crippen molar-refractivity contribution in [3.8, 4) is 80.1 Å². The molecule has 20 N–H and O–H groups in total. The molecule has 0 aromatic heterocycles. The normalized spacial score (nSPS) is 24.8. The molecule has 0 spiro atoms. The summed E-state index contributed by atoms with van der Waals surface area (Å²) in [5.41, 5.74) is 3.17. The first-order chi connectivity index (χ1) is 51.6. The van der Waals surface area contributed by atoms with Crippen LogP contribution in [0.4, 0.5) is 0 Å².